The van der Waals surface area contributed by atoms with Crippen LogP contribution in [0.1, 0.15) is 41.5 Å². The van der Waals surface area contributed by atoms with Gasteiger partial charge in [-0.05, 0) is 45.3 Å². The molecule has 4 rings (SSSR count). The Morgan fingerprint density at radius 3 is 2.45 bits per heavy atom. The van der Waals surface area contributed by atoms with Crippen molar-refractivity contribution in [2.75, 3.05) is 18.6 Å². The first-order chi connectivity index (χ1) is 14.7. The molecule has 0 aliphatic carbocycles. The van der Waals surface area contributed by atoms with E-state index >= 15 is 0 Å². The molecule has 168 valence electrons. The van der Waals surface area contributed by atoms with Crippen molar-refractivity contribution in [1.82, 2.24) is 15.0 Å². The summed E-state index contributed by atoms with van der Waals surface area (Å²) in [4.78, 5) is 14.0. The monoisotopic (exact) mass is 430 g/mol. The number of benzene rings is 1. The second-order valence-electron chi connectivity index (χ2n) is 8.26. The van der Waals surface area contributed by atoms with Crippen LogP contribution in [-0.4, -0.2) is 59.2 Å². The van der Waals surface area contributed by atoms with Gasteiger partial charge in [-0.2, -0.15) is 0 Å². The molecule has 2 aliphatic heterocycles. The van der Waals surface area contributed by atoms with Gasteiger partial charge in [-0.25, -0.2) is 9.48 Å². The third kappa shape index (κ3) is 4.55. The van der Waals surface area contributed by atoms with Gasteiger partial charge in [0.15, 0.2) is 0 Å². The summed E-state index contributed by atoms with van der Waals surface area (Å²) in [5, 5.41) is 7.69. The van der Waals surface area contributed by atoms with E-state index in [1.165, 1.54) is 0 Å². The normalized spacial score (nSPS) is 21.5. The van der Waals surface area contributed by atoms with Gasteiger partial charge in [-0.3, -0.25) is 4.90 Å². The van der Waals surface area contributed by atoms with Crippen LogP contribution in [0.4, 0.5) is 10.5 Å². The van der Waals surface area contributed by atoms with Crippen molar-refractivity contribution in [1.29, 1.82) is 0 Å². The number of nitrogens with zero attached hydrogens (tertiary/aromatic N) is 4. The van der Waals surface area contributed by atoms with Crippen LogP contribution in [-0.2, 0) is 20.6 Å². The number of carbonyl (C=O) groups excluding carboxylic acids is 1. The molecule has 0 radical (unpaired) electrons. The summed E-state index contributed by atoms with van der Waals surface area (Å²) < 4.78 is 24.9. The molecule has 9 nitrogen and oxygen atoms in total. The summed E-state index contributed by atoms with van der Waals surface area (Å²) in [6.45, 7) is 12.9. The first kappa shape index (κ1) is 23.1. The zero-order chi connectivity index (χ0) is 22.8. The third-order valence-corrected chi connectivity index (χ3v) is 5.76. The first-order valence-corrected chi connectivity index (χ1v) is 10.6. The molecule has 1 amide bonds. The molecule has 3 heterocycles. The number of hydrogen-bond donors (Lipinski definition) is 0. The largest absolute Gasteiger partial charge is 0.495 e. The Hall–Kier alpha value is -2.59. The van der Waals surface area contributed by atoms with E-state index in [0.717, 1.165) is 5.46 Å². The van der Waals surface area contributed by atoms with E-state index in [2.05, 4.69) is 10.3 Å². The molecule has 2 aromatic rings. The number of aromatic nitrogens is 3. The summed E-state index contributed by atoms with van der Waals surface area (Å²) in [6, 6.07) is 5.56. The zero-order valence-corrected chi connectivity index (χ0v) is 19.3. The van der Waals surface area contributed by atoms with Gasteiger partial charge in [0.2, 0.25) is 0 Å². The molecule has 2 saturated heterocycles. The Morgan fingerprint density at radius 1 is 1.19 bits per heavy atom. The maximum atomic E-state index is 12.4. The van der Waals surface area contributed by atoms with Crippen molar-refractivity contribution in [3.8, 4) is 5.75 Å². The predicted molar refractivity (Wildman–Crippen MR) is 118 cm³/mol. The van der Waals surface area contributed by atoms with Crippen molar-refractivity contribution in [3.63, 3.8) is 0 Å². The van der Waals surface area contributed by atoms with E-state index in [1.54, 1.807) is 29.1 Å². The third-order valence-electron chi connectivity index (χ3n) is 5.76. The van der Waals surface area contributed by atoms with E-state index in [4.69, 9.17) is 18.8 Å². The van der Waals surface area contributed by atoms with Gasteiger partial charge in [-0.1, -0.05) is 25.1 Å². The minimum absolute atomic E-state index is 0.323. The Balaban J connectivity index is 0.00000132. The second kappa shape index (κ2) is 8.88. The van der Waals surface area contributed by atoms with Gasteiger partial charge in [0.1, 0.15) is 11.9 Å². The van der Waals surface area contributed by atoms with Crippen LogP contribution in [0.2, 0.25) is 0 Å². The molecule has 0 bridgehead atoms. The molecule has 0 N–H and O–H groups in total. The van der Waals surface area contributed by atoms with E-state index in [0.29, 0.717) is 24.5 Å². The number of amides is 1. The van der Waals surface area contributed by atoms with E-state index in [-0.39, 0.29) is 6.10 Å². The van der Waals surface area contributed by atoms with Crippen LogP contribution in [0.5, 0.6) is 5.75 Å². The van der Waals surface area contributed by atoms with Crippen LogP contribution >= 0.6 is 0 Å². The molecule has 0 saturated carbocycles. The van der Waals surface area contributed by atoms with Crippen molar-refractivity contribution in [2.45, 2.75) is 65.4 Å². The number of carbonyl (C=O) groups is 1. The van der Waals surface area contributed by atoms with Crippen LogP contribution in [0.15, 0.2) is 30.6 Å². The topological polar surface area (TPSA) is 87.9 Å². The van der Waals surface area contributed by atoms with Crippen molar-refractivity contribution in [2.24, 2.45) is 0 Å². The van der Waals surface area contributed by atoms with Crippen molar-refractivity contribution in [3.05, 3.63) is 30.6 Å². The lowest BCUT2D eigenvalue weighted by Gasteiger charge is -2.32. The van der Waals surface area contributed by atoms with Crippen LogP contribution in [0.25, 0.3) is 0 Å². The molecule has 2 fully saturated rings. The van der Waals surface area contributed by atoms with Crippen LogP contribution < -0.4 is 15.1 Å². The fourth-order valence-electron chi connectivity index (χ4n) is 3.40. The van der Waals surface area contributed by atoms with E-state index < -0.39 is 24.4 Å². The molecule has 0 unspecified atom stereocenters. The molecular weight excluding hydrogens is 399 g/mol. The Labute approximate surface area is 183 Å². The Bertz CT molecular complexity index is 887. The highest BCUT2D eigenvalue weighted by molar-refractivity contribution is 6.62. The maximum Gasteiger partial charge on any atom is 0.494 e. The van der Waals surface area contributed by atoms with Gasteiger partial charge in [-0.15, -0.1) is 5.10 Å². The minimum atomic E-state index is -0.506. The quantitative estimate of drug-likeness (QED) is 0.674. The van der Waals surface area contributed by atoms with Crippen molar-refractivity contribution < 1.29 is 23.6 Å². The second-order valence-corrected chi connectivity index (χ2v) is 8.26. The highest BCUT2D eigenvalue weighted by atomic mass is 16.7. The number of ether oxygens (including phenoxy) is 2. The smallest absolute Gasteiger partial charge is 0.494 e. The Morgan fingerprint density at radius 2 is 1.87 bits per heavy atom. The standard InChI is InChI=1S/C19H25BN4O5.C2H6/c1-18(2)19(3,4)29-20(28-18)13-6-7-15(16(10-13)26-5)24-12-14(27-17(24)25)11-23-9-8-21-22-23;1-2/h6-10,14H,11-12H2,1-5H3;1-2H3/t14-;/m0./s1. The van der Waals surface area contributed by atoms with E-state index in [9.17, 15) is 4.79 Å². The molecule has 10 heteroatoms. The van der Waals surface area contributed by atoms with Crippen LogP contribution in [0, 0.1) is 0 Å². The van der Waals surface area contributed by atoms with Gasteiger partial charge >= 0.3 is 13.2 Å². The number of rotatable bonds is 5. The highest BCUT2D eigenvalue weighted by Gasteiger charge is 2.52. The summed E-state index contributed by atoms with van der Waals surface area (Å²) in [6.07, 6.45) is 2.58. The summed E-state index contributed by atoms with van der Waals surface area (Å²) >= 11 is 0. The van der Waals surface area contributed by atoms with Gasteiger partial charge in [0, 0.05) is 6.20 Å². The lowest BCUT2D eigenvalue weighted by atomic mass is 9.79. The fraction of sp³-hybridized carbons (Fsp3) is 0.571. The fourth-order valence-corrected chi connectivity index (χ4v) is 3.40. The number of methoxy groups -OCH3 is 1. The van der Waals surface area contributed by atoms with Crippen molar-refractivity contribution >= 4 is 24.4 Å². The Kier molecular flexibility index (Phi) is 6.61. The number of hydrogen-bond acceptors (Lipinski definition) is 7. The number of anilines is 1. The first-order valence-electron chi connectivity index (χ1n) is 10.6. The summed E-state index contributed by atoms with van der Waals surface area (Å²) in [5.41, 5.74) is 0.600. The molecule has 0 spiro atoms. The molecule has 31 heavy (non-hydrogen) atoms. The average Bonchev–Trinajstić information content (AvgIpc) is 3.42. The van der Waals surface area contributed by atoms with Crippen LogP contribution in [0.3, 0.4) is 0 Å². The molecule has 1 aromatic heterocycles. The highest BCUT2D eigenvalue weighted by Crippen LogP contribution is 2.37. The van der Waals surface area contributed by atoms with E-state index in [1.807, 2.05) is 59.7 Å². The molecule has 2 aliphatic rings. The van der Waals surface area contributed by atoms with Gasteiger partial charge in [0.05, 0.1) is 43.3 Å². The summed E-state index contributed by atoms with van der Waals surface area (Å²) in [5.74, 6) is 0.551. The summed E-state index contributed by atoms with van der Waals surface area (Å²) in [7, 11) is 1.06. The maximum absolute atomic E-state index is 12.4. The molecule has 1 aromatic carbocycles. The van der Waals surface area contributed by atoms with Gasteiger partial charge < -0.3 is 18.8 Å². The lowest BCUT2D eigenvalue weighted by Crippen LogP contribution is -2.41. The molecule has 1 atom stereocenters. The minimum Gasteiger partial charge on any atom is -0.495 e. The lowest BCUT2D eigenvalue weighted by molar-refractivity contribution is 0.00578. The molecular formula is C21H31BN4O5. The number of cyclic esters (lactones) is 1. The van der Waals surface area contributed by atoms with Gasteiger partial charge in [0.25, 0.3) is 0 Å². The average molecular weight is 430 g/mol. The predicted octanol–water partition coefficient (Wildman–Crippen LogP) is 2.64. The SMILES string of the molecule is CC.COc1cc(B2OC(C)(C)C(C)(C)O2)ccc1N1C[C@H](Cn2ccnn2)OC1=O. The zero-order valence-electron chi connectivity index (χ0n) is 19.3.